The lowest BCUT2D eigenvalue weighted by Crippen LogP contribution is -2.48. The Balaban J connectivity index is 2.06. The average molecular weight is 546 g/mol. The molecule has 0 spiro atoms. The fourth-order valence-corrected chi connectivity index (χ4v) is 4.84. The molecule has 2 amide bonds. The summed E-state index contributed by atoms with van der Waals surface area (Å²) in [5.41, 5.74) is 1.88. The van der Waals surface area contributed by atoms with Gasteiger partial charge in [0.05, 0.1) is 5.75 Å². The second-order valence-electron chi connectivity index (χ2n) is 7.20. The minimum Gasteiger partial charge on any atom is -0.354 e. The van der Waals surface area contributed by atoms with Crippen molar-refractivity contribution in [2.75, 3.05) is 12.3 Å². The third-order valence-electron chi connectivity index (χ3n) is 4.74. The van der Waals surface area contributed by atoms with Gasteiger partial charge < -0.3 is 10.2 Å². The molecule has 2 aromatic carbocycles. The van der Waals surface area contributed by atoms with Crippen molar-refractivity contribution in [1.29, 1.82) is 0 Å². The van der Waals surface area contributed by atoms with Crippen molar-refractivity contribution in [2.45, 2.75) is 45.0 Å². The van der Waals surface area contributed by atoms with E-state index in [1.165, 1.54) is 11.8 Å². The number of nitrogens with zero attached hydrogens (tertiary/aromatic N) is 1. The van der Waals surface area contributed by atoms with Crippen LogP contribution >= 0.6 is 50.9 Å². The van der Waals surface area contributed by atoms with E-state index in [2.05, 4.69) is 28.2 Å². The number of carbonyl (C=O) groups is 2. The van der Waals surface area contributed by atoms with Gasteiger partial charge >= 0.3 is 0 Å². The molecule has 0 saturated heterocycles. The summed E-state index contributed by atoms with van der Waals surface area (Å²) in [6.07, 6.45) is 1.91. The molecule has 0 fully saturated rings. The van der Waals surface area contributed by atoms with Crippen molar-refractivity contribution in [3.63, 3.8) is 0 Å². The molecule has 31 heavy (non-hydrogen) atoms. The molecule has 0 aliphatic carbocycles. The molecule has 0 aliphatic rings. The summed E-state index contributed by atoms with van der Waals surface area (Å²) in [7, 11) is 0. The summed E-state index contributed by atoms with van der Waals surface area (Å²) in [5, 5.41) is 4.10. The minimum absolute atomic E-state index is 0.0896. The minimum atomic E-state index is -0.567. The molecule has 8 heteroatoms. The average Bonchev–Trinajstić information content (AvgIpc) is 2.73. The van der Waals surface area contributed by atoms with Crippen molar-refractivity contribution in [2.24, 2.45) is 0 Å². The van der Waals surface area contributed by atoms with E-state index in [0.717, 1.165) is 28.4 Å². The summed E-state index contributed by atoms with van der Waals surface area (Å²) >= 11 is 17.1. The summed E-state index contributed by atoms with van der Waals surface area (Å²) in [6.45, 7) is 4.83. The number of thioether (sulfide) groups is 1. The number of benzene rings is 2. The molecular formula is C23H27BrCl2N2O2S. The number of halogens is 3. The van der Waals surface area contributed by atoms with Crippen LogP contribution in [-0.4, -0.2) is 35.1 Å². The zero-order chi connectivity index (χ0) is 22.8. The van der Waals surface area contributed by atoms with Gasteiger partial charge in [-0.25, -0.2) is 0 Å². The molecule has 0 bridgehead atoms. The topological polar surface area (TPSA) is 49.4 Å². The second-order valence-corrected chi connectivity index (χ2v) is 9.95. The van der Waals surface area contributed by atoms with Crippen LogP contribution in [-0.2, 0) is 21.9 Å². The van der Waals surface area contributed by atoms with Crippen molar-refractivity contribution >= 4 is 62.7 Å². The predicted molar refractivity (Wildman–Crippen MR) is 135 cm³/mol. The summed E-state index contributed by atoms with van der Waals surface area (Å²) < 4.78 is 0.934. The van der Waals surface area contributed by atoms with Gasteiger partial charge in [0, 0.05) is 33.4 Å². The number of carbonyl (C=O) groups excluding carboxylic acids is 2. The van der Waals surface area contributed by atoms with Gasteiger partial charge in [-0.15, -0.1) is 11.8 Å². The Bertz CT molecular complexity index is 898. The van der Waals surface area contributed by atoms with E-state index in [9.17, 15) is 9.59 Å². The first kappa shape index (κ1) is 26.0. The Hall–Kier alpha value is -1.21. The molecule has 4 nitrogen and oxygen atoms in total. The predicted octanol–water partition coefficient (Wildman–Crippen LogP) is 6.32. The normalized spacial score (nSPS) is 11.8. The molecule has 0 radical (unpaired) electrons. The molecule has 0 unspecified atom stereocenters. The van der Waals surface area contributed by atoms with Crippen LogP contribution in [0.15, 0.2) is 46.9 Å². The van der Waals surface area contributed by atoms with Crippen LogP contribution in [0.5, 0.6) is 0 Å². The van der Waals surface area contributed by atoms with Crippen molar-refractivity contribution < 1.29 is 9.59 Å². The van der Waals surface area contributed by atoms with E-state index in [1.54, 1.807) is 24.0 Å². The number of unbranched alkanes of at least 4 members (excludes halogenated alkanes) is 1. The first-order chi connectivity index (χ1) is 14.8. The molecule has 0 aromatic heterocycles. The highest BCUT2D eigenvalue weighted by Gasteiger charge is 2.26. The highest BCUT2D eigenvalue weighted by molar-refractivity contribution is 9.10. The number of nitrogens with one attached hydrogen (secondary N) is 1. The van der Waals surface area contributed by atoms with Gasteiger partial charge in [0.15, 0.2) is 0 Å². The zero-order valence-electron chi connectivity index (χ0n) is 17.7. The highest BCUT2D eigenvalue weighted by Crippen LogP contribution is 2.25. The first-order valence-electron chi connectivity index (χ1n) is 10.1. The summed E-state index contributed by atoms with van der Waals surface area (Å²) in [4.78, 5) is 27.4. The van der Waals surface area contributed by atoms with E-state index in [-0.39, 0.29) is 17.6 Å². The first-order valence-corrected chi connectivity index (χ1v) is 12.9. The quantitative estimate of drug-likeness (QED) is 0.336. The summed E-state index contributed by atoms with van der Waals surface area (Å²) in [6, 6.07) is 12.5. The fourth-order valence-electron chi connectivity index (χ4n) is 2.92. The van der Waals surface area contributed by atoms with Crippen LogP contribution in [0.4, 0.5) is 0 Å². The Labute approximate surface area is 207 Å². The molecule has 0 saturated carbocycles. The van der Waals surface area contributed by atoms with Crippen molar-refractivity contribution in [3.05, 3.63) is 68.1 Å². The molecule has 1 atom stereocenters. The Morgan fingerprint density at radius 1 is 1.19 bits per heavy atom. The maximum absolute atomic E-state index is 13.1. The van der Waals surface area contributed by atoms with Crippen LogP contribution in [0, 0.1) is 0 Å². The van der Waals surface area contributed by atoms with Crippen LogP contribution in [0.2, 0.25) is 10.0 Å². The van der Waals surface area contributed by atoms with E-state index in [1.807, 2.05) is 30.3 Å². The standard InChI is InChI=1S/C23H27BrCl2N2O2S/c1-3-4-10-27-23(30)16(2)28(13-17-6-5-7-19(24)11-17)22(29)15-31-14-18-8-9-20(25)12-21(18)26/h5-9,11-12,16H,3-4,10,13-15H2,1-2H3,(H,27,30)/t16-/m1/s1. The monoisotopic (exact) mass is 544 g/mol. The third kappa shape index (κ3) is 8.68. The van der Waals surface area contributed by atoms with Crippen LogP contribution in [0.25, 0.3) is 0 Å². The van der Waals surface area contributed by atoms with Gasteiger partial charge in [0.1, 0.15) is 6.04 Å². The van der Waals surface area contributed by atoms with Crippen molar-refractivity contribution in [1.82, 2.24) is 10.2 Å². The zero-order valence-corrected chi connectivity index (χ0v) is 21.6. The lowest BCUT2D eigenvalue weighted by molar-refractivity contribution is -0.138. The SMILES string of the molecule is CCCCNC(=O)[C@@H](C)N(Cc1cccc(Br)c1)C(=O)CSCc1ccc(Cl)cc1Cl. The van der Waals surface area contributed by atoms with E-state index in [4.69, 9.17) is 23.2 Å². The number of hydrogen-bond acceptors (Lipinski definition) is 3. The number of amides is 2. The Morgan fingerprint density at radius 2 is 1.97 bits per heavy atom. The largest absolute Gasteiger partial charge is 0.354 e. The van der Waals surface area contributed by atoms with Gasteiger partial charge in [-0.3, -0.25) is 9.59 Å². The molecule has 2 rings (SSSR count). The lowest BCUT2D eigenvalue weighted by Gasteiger charge is -2.29. The molecule has 0 aliphatic heterocycles. The molecule has 2 aromatic rings. The van der Waals surface area contributed by atoms with E-state index in [0.29, 0.717) is 28.9 Å². The Kier molecular flexibility index (Phi) is 11.2. The van der Waals surface area contributed by atoms with Gasteiger partial charge in [-0.2, -0.15) is 0 Å². The van der Waals surface area contributed by atoms with Crippen LogP contribution in [0.1, 0.15) is 37.8 Å². The second kappa shape index (κ2) is 13.4. The van der Waals surface area contributed by atoms with Crippen LogP contribution in [0.3, 0.4) is 0 Å². The molecule has 1 N–H and O–H groups in total. The highest BCUT2D eigenvalue weighted by atomic mass is 79.9. The lowest BCUT2D eigenvalue weighted by atomic mass is 10.1. The maximum Gasteiger partial charge on any atom is 0.242 e. The van der Waals surface area contributed by atoms with Crippen molar-refractivity contribution in [3.8, 4) is 0 Å². The maximum atomic E-state index is 13.1. The van der Waals surface area contributed by atoms with Gasteiger partial charge in [-0.1, -0.05) is 70.7 Å². The summed E-state index contributed by atoms with van der Waals surface area (Å²) in [5.74, 6) is 0.610. The third-order valence-corrected chi connectivity index (χ3v) is 6.78. The number of hydrogen-bond donors (Lipinski definition) is 1. The molecule has 168 valence electrons. The molecular weight excluding hydrogens is 519 g/mol. The van der Waals surface area contributed by atoms with E-state index < -0.39 is 6.04 Å². The Morgan fingerprint density at radius 3 is 2.65 bits per heavy atom. The number of rotatable bonds is 11. The smallest absolute Gasteiger partial charge is 0.242 e. The van der Waals surface area contributed by atoms with Crippen LogP contribution < -0.4 is 5.32 Å². The van der Waals surface area contributed by atoms with Gasteiger partial charge in [0.2, 0.25) is 11.8 Å². The van der Waals surface area contributed by atoms with Gasteiger partial charge in [-0.05, 0) is 48.7 Å². The fraction of sp³-hybridized carbons (Fsp3) is 0.391. The van der Waals surface area contributed by atoms with Gasteiger partial charge in [0.25, 0.3) is 0 Å². The molecule has 0 heterocycles. The van der Waals surface area contributed by atoms with E-state index >= 15 is 0 Å².